The topological polar surface area (TPSA) is 71.8 Å². The lowest BCUT2D eigenvalue weighted by Crippen LogP contribution is -1.87. The van der Waals surface area contributed by atoms with Gasteiger partial charge < -0.3 is 14.3 Å². The molecule has 0 fully saturated rings. The summed E-state index contributed by atoms with van der Waals surface area (Å²) in [4.78, 5) is 18.4. The van der Waals surface area contributed by atoms with Crippen molar-refractivity contribution in [3.63, 3.8) is 0 Å². The van der Waals surface area contributed by atoms with Crippen molar-refractivity contribution in [2.75, 3.05) is 0 Å². The molecule has 5 nitrogen and oxygen atoms in total. The van der Waals surface area contributed by atoms with Gasteiger partial charge in [-0.2, -0.15) is 0 Å². The Morgan fingerprint density at radius 3 is 2.48 bits per heavy atom. The van der Waals surface area contributed by atoms with Gasteiger partial charge in [0, 0.05) is 17.5 Å². The van der Waals surface area contributed by atoms with Crippen molar-refractivity contribution in [3.8, 4) is 33.9 Å². The molecule has 4 rings (SSSR count). The number of nitrogens with one attached hydrogen (secondary N) is 1. The second-order valence-corrected chi connectivity index (χ2v) is 6.18. The van der Waals surface area contributed by atoms with E-state index in [4.69, 9.17) is 4.52 Å². The average Bonchev–Trinajstić information content (AvgIpc) is 3.30. The lowest BCUT2D eigenvalue weighted by atomic mass is 10.0. The molecule has 0 saturated heterocycles. The first-order valence-corrected chi connectivity index (χ1v) is 8.46. The van der Waals surface area contributed by atoms with Crippen LogP contribution in [0.25, 0.3) is 33.9 Å². The van der Waals surface area contributed by atoms with Crippen molar-refractivity contribution in [1.82, 2.24) is 15.1 Å². The first kappa shape index (κ1) is 16.9. The zero-order valence-corrected chi connectivity index (χ0v) is 14.6. The van der Waals surface area contributed by atoms with Gasteiger partial charge >= 0.3 is 0 Å². The zero-order valence-electron chi connectivity index (χ0n) is 14.6. The van der Waals surface area contributed by atoms with Crippen molar-refractivity contribution in [2.24, 2.45) is 0 Å². The summed E-state index contributed by atoms with van der Waals surface area (Å²) in [6, 6.07) is 13.8. The molecular formula is C21H16FN3O2. The summed E-state index contributed by atoms with van der Waals surface area (Å²) in [6.07, 6.45) is 3.00. The van der Waals surface area contributed by atoms with E-state index >= 15 is 0 Å². The summed E-state index contributed by atoms with van der Waals surface area (Å²) < 4.78 is 18.6. The van der Waals surface area contributed by atoms with Crippen LogP contribution in [-0.4, -0.2) is 21.4 Å². The smallest absolute Gasteiger partial charge is 0.143 e. The fraction of sp³-hybridized carbons (Fsp3) is 0.0952. The van der Waals surface area contributed by atoms with Gasteiger partial charge in [-0.15, -0.1) is 0 Å². The Labute approximate surface area is 154 Å². The SMILES string of the molecule is Cc1onc(-c2ccc(F)cc2)c1-c1cnc(-c2ccc(CC=O)cc2)[nH]1. The van der Waals surface area contributed by atoms with Crippen LogP contribution < -0.4 is 0 Å². The number of H-pyrrole nitrogens is 1. The van der Waals surface area contributed by atoms with Gasteiger partial charge in [0.2, 0.25) is 0 Å². The van der Waals surface area contributed by atoms with Crippen LogP contribution in [0.5, 0.6) is 0 Å². The van der Waals surface area contributed by atoms with Gasteiger partial charge in [-0.25, -0.2) is 9.37 Å². The number of rotatable bonds is 5. The first-order chi connectivity index (χ1) is 13.2. The van der Waals surface area contributed by atoms with E-state index in [-0.39, 0.29) is 5.82 Å². The molecule has 0 radical (unpaired) electrons. The normalized spacial score (nSPS) is 10.9. The predicted octanol–water partition coefficient (Wildman–Crippen LogP) is 4.59. The van der Waals surface area contributed by atoms with Crippen molar-refractivity contribution in [2.45, 2.75) is 13.3 Å². The summed E-state index contributed by atoms with van der Waals surface area (Å²) >= 11 is 0. The molecule has 134 valence electrons. The van der Waals surface area contributed by atoms with Crippen LogP contribution in [0.1, 0.15) is 11.3 Å². The Morgan fingerprint density at radius 1 is 1.07 bits per heavy atom. The molecule has 0 saturated carbocycles. The number of hydrogen-bond acceptors (Lipinski definition) is 4. The van der Waals surface area contributed by atoms with Crippen molar-refractivity contribution in [1.29, 1.82) is 0 Å². The maximum Gasteiger partial charge on any atom is 0.143 e. The largest absolute Gasteiger partial charge is 0.360 e. The van der Waals surface area contributed by atoms with E-state index in [1.807, 2.05) is 31.2 Å². The maximum atomic E-state index is 13.2. The Morgan fingerprint density at radius 2 is 1.78 bits per heavy atom. The molecule has 1 N–H and O–H groups in total. The molecule has 0 amide bonds. The summed E-state index contributed by atoms with van der Waals surface area (Å²) in [5.41, 5.74) is 4.81. The lowest BCUT2D eigenvalue weighted by molar-refractivity contribution is -0.107. The average molecular weight is 361 g/mol. The minimum atomic E-state index is -0.303. The van der Waals surface area contributed by atoms with E-state index in [0.717, 1.165) is 34.2 Å². The highest BCUT2D eigenvalue weighted by molar-refractivity contribution is 5.80. The Bertz CT molecular complexity index is 1080. The Hall–Kier alpha value is -3.54. The fourth-order valence-corrected chi connectivity index (χ4v) is 2.98. The molecule has 27 heavy (non-hydrogen) atoms. The molecule has 2 heterocycles. The van der Waals surface area contributed by atoms with E-state index in [1.165, 1.54) is 12.1 Å². The molecule has 0 aliphatic rings. The number of hydrogen-bond donors (Lipinski definition) is 1. The number of carbonyl (C=O) groups is 1. The van der Waals surface area contributed by atoms with Gasteiger partial charge in [0.15, 0.2) is 0 Å². The summed E-state index contributed by atoms with van der Waals surface area (Å²) in [5.74, 6) is 1.04. The van der Waals surface area contributed by atoms with Crippen LogP contribution in [0.15, 0.2) is 59.3 Å². The molecule has 4 aromatic rings. The van der Waals surface area contributed by atoms with Crippen molar-refractivity contribution >= 4 is 6.29 Å². The van der Waals surface area contributed by atoms with Gasteiger partial charge in [-0.3, -0.25) is 0 Å². The molecular weight excluding hydrogens is 345 g/mol. The minimum Gasteiger partial charge on any atom is -0.360 e. The molecule has 0 aliphatic carbocycles. The molecule has 6 heteroatoms. The van der Waals surface area contributed by atoms with Gasteiger partial charge in [-0.1, -0.05) is 29.4 Å². The summed E-state index contributed by atoms with van der Waals surface area (Å²) in [7, 11) is 0. The zero-order chi connectivity index (χ0) is 18.8. The molecule has 0 aliphatic heterocycles. The van der Waals surface area contributed by atoms with Crippen LogP contribution >= 0.6 is 0 Å². The summed E-state index contributed by atoms with van der Waals surface area (Å²) in [6.45, 7) is 1.82. The number of aromatic amines is 1. The molecule has 0 unspecified atom stereocenters. The molecule has 2 aromatic carbocycles. The van der Waals surface area contributed by atoms with E-state index in [0.29, 0.717) is 23.7 Å². The minimum absolute atomic E-state index is 0.303. The molecule has 0 bridgehead atoms. The first-order valence-electron chi connectivity index (χ1n) is 8.46. The van der Waals surface area contributed by atoms with Gasteiger partial charge in [-0.05, 0) is 36.8 Å². The summed E-state index contributed by atoms with van der Waals surface area (Å²) in [5, 5.41) is 4.13. The van der Waals surface area contributed by atoms with Crippen LogP contribution in [0.2, 0.25) is 0 Å². The van der Waals surface area contributed by atoms with Crippen molar-refractivity contribution < 1.29 is 13.7 Å². The highest BCUT2D eigenvalue weighted by Crippen LogP contribution is 2.34. The second kappa shape index (κ2) is 6.99. The van der Waals surface area contributed by atoms with Gasteiger partial charge in [0.1, 0.15) is 29.4 Å². The fourth-order valence-electron chi connectivity index (χ4n) is 2.98. The molecule has 2 aromatic heterocycles. The third-order valence-electron chi connectivity index (χ3n) is 4.37. The number of carbonyl (C=O) groups excluding carboxylic acids is 1. The number of aromatic nitrogens is 3. The standard InChI is InChI=1S/C21H16FN3O2/c1-13-19(20(25-27-13)15-6-8-17(22)9-7-15)18-12-23-21(24-18)16-4-2-14(3-5-16)10-11-26/h2-9,11-12H,10H2,1H3,(H,23,24). The highest BCUT2D eigenvalue weighted by Gasteiger charge is 2.19. The van der Waals surface area contributed by atoms with Crippen LogP contribution in [0.3, 0.4) is 0 Å². The Kier molecular flexibility index (Phi) is 4.38. The van der Waals surface area contributed by atoms with E-state index in [9.17, 15) is 9.18 Å². The van der Waals surface area contributed by atoms with Crippen LogP contribution in [-0.2, 0) is 11.2 Å². The van der Waals surface area contributed by atoms with E-state index in [2.05, 4.69) is 15.1 Å². The van der Waals surface area contributed by atoms with E-state index < -0.39 is 0 Å². The van der Waals surface area contributed by atoms with Crippen molar-refractivity contribution in [3.05, 3.63) is 71.9 Å². The second-order valence-electron chi connectivity index (χ2n) is 6.18. The monoisotopic (exact) mass is 361 g/mol. The molecule has 0 spiro atoms. The number of halogens is 1. The third kappa shape index (κ3) is 3.29. The van der Waals surface area contributed by atoms with Crippen LogP contribution in [0, 0.1) is 12.7 Å². The Balaban J connectivity index is 1.70. The quantitative estimate of drug-likeness (QED) is 0.528. The third-order valence-corrected chi connectivity index (χ3v) is 4.37. The maximum absolute atomic E-state index is 13.2. The van der Waals surface area contributed by atoms with E-state index in [1.54, 1.807) is 18.3 Å². The van der Waals surface area contributed by atoms with Gasteiger partial charge in [0.05, 0.1) is 17.5 Å². The van der Waals surface area contributed by atoms with Crippen LogP contribution in [0.4, 0.5) is 4.39 Å². The number of aldehydes is 1. The number of benzene rings is 2. The van der Waals surface area contributed by atoms with Gasteiger partial charge in [0.25, 0.3) is 0 Å². The molecule has 0 atom stereocenters. The number of imidazole rings is 1. The predicted molar refractivity (Wildman–Crippen MR) is 99.4 cm³/mol. The lowest BCUT2D eigenvalue weighted by Gasteiger charge is -2.01. The highest BCUT2D eigenvalue weighted by atomic mass is 19.1. The number of nitrogens with zero attached hydrogens (tertiary/aromatic N) is 2. The number of aryl methyl sites for hydroxylation is 1.